The van der Waals surface area contributed by atoms with E-state index < -0.39 is 10.0 Å². The third-order valence-corrected chi connectivity index (χ3v) is 6.68. The van der Waals surface area contributed by atoms with E-state index in [9.17, 15) is 13.5 Å². The zero-order valence-corrected chi connectivity index (χ0v) is 12.6. The minimum atomic E-state index is -3.63. The largest absolute Gasteiger partial charge is 0.396 e. The lowest BCUT2D eigenvalue weighted by Crippen LogP contribution is -2.45. The Bertz CT molecular complexity index is 604. The molecular formula is C14H18ClNO3S. The van der Waals surface area contributed by atoms with Gasteiger partial charge >= 0.3 is 0 Å². The second kappa shape index (κ2) is 5.30. The number of rotatable bonds is 4. The number of sulfonamides is 1. The molecule has 0 radical (unpaired) electrons. The first kappa shape index (κ1) is 14.3. The van der Waals surface area contributed by atoms with E-state index in [1.54, 1.807) is 18.2 Å². The molecule has 0 heterocycles. The van der Waals surface area contributed by atoms with E-state index in [0.717, 1.165) is 19.3 Å². The maximum Gasteiger partial charge on any atom is 0.242 e. The van der Waals surface area contributed by atoms with Crippen molar-refractivity contribution < 1.29 is 13.5 Å². The number of hydrogen-bond acceptors (Lipinski definition) is 3. The van der Waals surface area contributed by atoms with Crippen molar-refractivity contribution in [2.24, 2.45) is 17.8 Å². The van der Waals surface area contributed by atoms with Crippen molar-refractivity contribution in [1.29, 1.82) is 0 Å². The Morgan fingerprint density at radius 3 is 2.65 bits per heavy atom. The SMILES string of the molecule is O=S(=O)(NC1C2CCC(C2)C1CO)c1ccccc1Cl. The molecule has 4 nitrogen and oxygen atoms in total. The second-order valence-electron chi connectivity index (χ2n) is 5.76. The molecule has 1 aromatic rings. The van der Waals surface area contributed by atoms with Crippen molar-refractivity contribution in [3.8, 4) is 0 Å². The molecule has 0 aromatic heterocycles. The molecule has 0 saturated heterocycles. The van der Waals surface area contributed by atoms with Gasteiger partial charge in [0.05, 0.1) is 5.02 Å². The zero-order chi connectivity index (χ0) is 14.3. The molecule has 2 fully saturated rings. The molecule has 0 spiro atoms. The van der Waals surface area contributed by atoms with Crippen LogP contribution in [0.25, 0.3) is 0 Å². The maximum absolute atomic E-state index is 12.5. The molecule has 20 heavy (non-hydrogen) atoms. The molecule has 3 rings (SSSR count). The fraction of sp³-hybridized carbons (Fsp3) is 0.571. The summed E-state index contributed by atoms with van der Waals surface area (Å²) < 4.78 is 27.7. The van der Waals surface area contributed by atoms with Crippen LogP contribution in [-0.2, 0) is 10.0 Å². The normalized spacial score (nSPS) is 32.7. The molecule has 2 aliphatic carbocycles. The molecule has 4 atom stereocenters. The molecule has 2 N–H and O–H groups in total. The monoisotopic (exact) mass is 315 g/mol. The average Bonchev–Trinajstić information content (AvgIpc) is 2.99. The van der Waals surface area contributed by atoms with E-state index in [4.69, 9.17) is 11.6 Å². The molecule has 0 aliphatic heterocycles. The highest BCUT2D eigenvalue weighted by atomic mass is 35.5. The lowest BCUT2D eigenvalue weighted by atomic mass is 9.86. The van der Waals surface area contributed by atoms with Crippen molar-refractivity contribution in [2.75, 3.05) is 6.61 Å². The summed E-state index contributed by atoms with van der Waals surface area (Å²) >= 11 is 5.97. The Morgan fingerprint density at radius 2 is 1.95 bits per heavy atom. The van der Waals surface area contributed by atoms with Crippen molar-refractivity contribution >= 4 is 21.6 Å². The van der Waals surface area contributed by atoms with Gasteiger partial charge in [-0.15, -0.1) is 0 Å². The van der Waals surface area contributed by atoms with Crippen molar-refractivity contribution in [2.45, 2.75) is 30.2 Å². The van der Waals surface area contributed by atoms with Crippen LogP contribution in [0.15, 0.2) is 29.2 Å². The van der Waals surface area contributed by atoms with Gasteiger partial charge in [0.2, 0.25) is 10.0 Å². The third-order valence-electron chi connectivity index (χ3n) is 4.72. The van der Waals surface area contributed by atoms with Gasteiger partial charge in [-0.05, 0) is 43.2 Å². The summed E-state index contributed by atoms with van der Waals surface area (Å²) in [6, 6.07) is 6.27. The Morgan fingerprint density at radius 1 is 1.25 bits per heavy atom. The zero-order valence-electron chi connectivity index (χ0n) is 11.0. The summed E-state index contributed by atoms with van der Waals surface area (Å²) in [7, 11) is -3.63. The van der Waals surface area contributed by atoms with E-state index >= 15 is 0 Å². The van der Waals surface area contributed by atoms with Gasteiger partial charge in [0.1, 0.15) is 4.90 Å². The van der Waals surface area contributed by atoms with Crippen LogP contribution in [0.4, 0.5) is 0 Å². The molecule has 4 unspecified atom stereocenters. The molecule has 2 aliphatic rings. The number of hydrogen-bond donors (Lipinski definition) is 2. The fourth-order valence-corrected chi connectivity index (χ4v) is 5.64. The molecular weight excluding hydrogens is 298 g/mol. The smallest absolute Gasteiger partial charge is 0.242 e. The summed E-state index contributed by atoms with van der Waals surface area (Å²) in [6.07, 6.45) is 3.15. The Balaban J connectivity index is 1.85. The summed E-state index contributed by atoms with van der Waals surface area (Å²) in [5.41, 5.74) is 0. The highest BCUT2D eigenvalue weighted by Gasteiger charge is 2.48. The number of benzene rings is 1. The van der Waals surface area contributed by atoms with Crippen LogP contribution in [0.3, 0.4) is 0 Å². The first-order valence-corrected chi connectivity index (χ1v) is 8.77. The summed E-state index contributed by atoms with van der Waals surface area (Å²) in [5.74, 6) is 0.823. The molecule has 0 amide bonds. The van der Waals surface area contributed by atoms with Crippen molar-refractivity contribution in [3.63, 3.8) is 0 Å². The van der Waals surface area contributed by atoms with Crippen LogP contribution in [0.2, 0.25) is 5.02 Å². The lowest BCUT2D eigenvalue weighted by molar-refractivity contribution is 0.153. The second-order valence-corrected chi connectivity index (χ2v) is 7.85. The molecule has 110 valence electrons. The van der Waals surface area contributed by atoms with Crippen LogP contribution >= 0.6 is 11.6 Å². The van der Waals surface area contributed by atoms with Gasteiger partial charge in [0.15, 0.2) is 0 Å². The number of aliphatic hydroxyl groups excluding tert-OH is 1. The standard InChI is InChI=1S/C14H18ClNO3S/c15-12-3-1-2-4-13(12)20(18,19)16-14-10-6-5-9(7-10)11(14)8-17/h1-4,9-11,14,16-17H,5-8H2. The molecule has 2 bridgehead atoms. The summed E-state index contributed by atoms with van der Waals surface area (Å²) in [6.45, 7) is 0.0386. The fourth-order valence-electron chi connectivity index (χ4n) is 3.76. The van der Waals surface area contributed by atoms with Crippen molar-refractivity contribution in [3.05, 3.63) is 29.3 Å². The minimum Gasteiger partial charge on any atom is -0.396 e. The van der Waals surface area contributed by atoms with E-state index in [1.165, 1.54) is 6.07 Å². The van der Waals surface area contributed by atoms with Crippen LogP contribution in [-0.4, -0.2) is 26.2 Å². The van der Waals surface area contributed by atoms with E-state index in [-0.39, 0.29) is 28.5 Å². The van der Waals surface area contributed by atoms with Crippen LogP contribution in [0.5, 0.6) is 0 Å². The quantitative estimate of drug-likeness (QED) is 0.893. The minimum absolute atomic E-state index is 0.0333. The van der Waals surface area contributed by atoms with E-state index in [0.29, 0.717) is 11.8 Å². The summed E-state index contributed by atoms with van der Waals surface area (Å²) in [5, 5.41) is 9.75. The molecule has 2 saturated carbocycles. The lowest BCUT2D eigenvalue weighted by Gasteiger charge is -2.30. The van der Waals surface area contributed by atoms with Crippen LogP contribution in [0, 0.1) is 17.8 Å². The number of nitrogens with one attached hydrogen (secondary N) is 1. The molecule has 1 aromatic carbocycles. The third kappa shape index (κ3) is 2.37. The predicted octanol–water partition coefficient (Wildman–Crippen LogP) is 2.03. The van der Waals surface area contributed by atoms with Gasteiger partial charge in [-0.3, -0.25) is 0 Å². The highest BCUT2D eigenvalue weighted by Crippen LogP contribution is 2.48. The number of aliphatic hydroxyl groups is 1. The number of fused-ring (bicyclic) bond motifs is 2. The van der Waals surface area contributed by atoms with E-state index in [1.807, 2.05) is 0 Å². The predicted molar refractivity (Wildman–Crippen MR) is 77.0 cm³/mol. The first-order valence-electron chi connectivity index (χ1n) is 6.90. The van der Waals surface area contributed by atoms with E-state index in [2.05, 4.69) is 4.72 Å². The van der Waals surface area contributed by atoms with Gasteiger partial charge in [-0.1, -0.05) is 23.7 Å². The summed E-state index contributed by atoms with van der Waals surface area (Å²) in [4.78, 5) is 0.112. The van der Waals surface area contributed by atoms with Gasteiger partial charge in [-0.2, -0.15) is 0 Å². The van der Waals surface area contributed by atoms with Crippen molar-refractivity contribution in [1.82, 2.24) is 4.72 Å². The topological polar surface area (TPSA) is 66.4 Å². The van der Waals surface area contributed by atoms with Gasteiger partial charge in [-0.25, -0.2) is 13.1 Å². The van der Waals surface area contributed by atoms with Crippen LogP contribution in [0.1, 0.15) is 19.3 Å². The van der Waals surface area contributed by atoms with Gasteiger partial charge in [0, 0.05) is 18.6 Å². The number of halogens is 1. The Hall–Kier alpha value is -0.620. The Labute approximate surface area is 124 Å². The highest BCUT2D eigenvalue weighted by molar-refractivity contribution is 7.89. The van der Waals surface area contributed by atoms with Gasteiger partial charge in [0.25, 0.3) is 0 Å². The average molecular weight is 316 g/mol. The van der Waals surface area contributed by atoms with Gasteiger partial charge < -0.3 is 5.11 Å². The Kier molecular flexibility index (Phi) is 3.79. The maximum atomic E-state index is 12.5. The van der Waals surface area contributed by atoms with Crippen LogP contribution < -0.4 is 4.72 Å². The first-order chi connectivity index (χ1) is 9.53. The molecule has 6 heteroatoms.